The van der Waals surface area contributed by atoms with Crippen LogP contribution < -0.4 is 5.32 Å². The first-order valence-electron chi connectivity index (χ1n) is 10.2. The summed E-state index contributed by atoms with van der Waals surface area (Å²) in [5.74, 6) is 0.141. The highest BCUT2D eigenvalue weighted by atomic mass is 16.2. The monoisotopic (exact) mass is 363 g/mol. The fourth-order valence-corrected chi connectivity index (χ4v) is 4.15. The maximum atomic E-state index is 13.0. The molecule has 2 heterocycles. The molecule has 1 N–H and O–H groups in total. The molecular formula is C23H29N3O. The van der Waals surface area contributed by atoms with E-state index < -0.39 is 0 Å². The van der Waals surface area contributed by atoms with Crippen molar-refractivity contribution in [2.45, 2.75) is 31.8 Å². The van der Waals surface area contributed by atoms with Gasteiger partial charge in [0.25, 0.3) is 5.91 Å². The number of hydrogen-bond donors (Lipinski definition) is 1. The number of carbonyl (C=O) groups excluding carboxylic acids is 1. The van der Waals surface area contributed by atoms with Gasteiger partial charge in [-0.1, -0.05) is 48.9 Å². The fourth-order valence-electron chi connectivity index (χ4n) is 4.15. The standard InChI is InChI=1S/C23H29N3O/c27-23(26-16-13-24-22(18-26)20-7-3-1-4-8-20)21-11-9-19(10-12-21)17-25-14-5-2-6-15-25/h1,3-4,7-12,22,24H,2,5-6,13-18H2/t22-/m0/s1. The van der Waals surface area contributed by atoms with Gasteiger partial charge in [0.05, 0.1) is 0 Å². The second-order valence-electron chi connectivity index (χ2n) is 7.70. The number of carbonyl (C=O) groups is 1. The number of nitrogens with one attached hydrogen (secondary N) is 1. The van der Waals surface area contributed by atoms with Crippen molar-refractivity contribution in [3.63, 3.8) is 0 Å². The van der Waals surface area contributed by atoms with Crippen molar-refractivity contribution in [2.24, 2.45) is 0 Å². The van der Waals surface area contributed by atoms with E-state index in [1.807, 2.05) is 23.1 Å². The molecule has 2 fully saturated rings. The molecule has 1 amide bonds. The summed E-state index contributed by atoms with van der Waals surface area (Å²) in [7, 11) is 0. The molecule has 2 aromatic rings. The maximum Gasteiger partial charge on any atom is 0.253 e. The van der Waals surface area contributed by atoms with E-state index in [0.717, 1.165) is 31.7 Å². The van der Waals surface area contributed by atoms with E-state index in [0.29, 0.717) is 0 Å². The lowest BCUT2D eigenvalue weighted by molar-refractivity contribution is 0.0703. The molecule has 4 rings (SSSR count). The van der Waals surface area contributed by atoms with E-state index >= 15 is 0 Å². The Kier molecular flexibility index (Phi) is 5.85. The Balaban J connectivity index is 1.38. The zero-order valence-electron chi connectivity index (χ0n) is 15.9. The molecule has 27 heavy (non-hydrogen) atoms. The largest absolute Gasteiger partial charge is 0.335 e. The molecule has 0 aliphatic carbocycles. The first-order chi connectivity index (χ1) is 13.3. The second-order valence-corrected chi connectivity index (χ2v) is 7.70. The Hall–Kier alpha value is -2.17. The van der Waals surface area contributed by atoms with Gasteiger partial charge in [-0.3, -0.25) is 9.69 Å². The molecule has 0 bridgehead atoms. The third-order valence-electron chi connectivity index (χ3n) is 5.72. The van der Waals surface area contributed by atoms with Crippen LogP contribution >= 0.6 is 0 Å². The van der Waals surface area contributed by atoms with Crippen LogP contribution in [0.1, 0.15) is 46.8 Å². The SMILES string of the molecule is O=C(c1ccc(CN2CCCCC2)cc1)N1CCN[C@H](c2ccccc2)C1. The van der Waals surface area contributed by atoms with Crippen LogP contribution in [0.25, 0.3) is 0 Å². The quantitative estimate of drug-likeness (QED) is 0.904. The van der Waals surface area contributed by atoms with Gasteiger partial charge >= 0.3 is 0 Å². The third-order valence-corrected chi connectivity index (χ3v) is 5.72. The molecule has 0 saturated carbocycles. The number of likely N-dealkylation sites (tertiary alicyclic amines) is 1. The molecule has 1 atom stereocenters. The van der Waals surface area contributed by atoms with Crippen LogP contribution in [0, 0.1) is 0 Å². The highest BCUT2D eigenvalue weighted by Gasteiger charge is 2.25. The summed E-state index contributed by atoms with van der Waals surface area (Å²) in [5, 5.41) is 3.53. The van der Waals surface area contributed by atoms with E-state index in [-0.39, 0.29) is 11.9 Å². The van der Waals surface area contributed by atoms with Crippen LogP contribution in [0.5, 0.6) is 0 Å². The van der Waals surface area contributed by atoms with E-state index in [9.17, 15) is 4.79 Å². The van der Waals surface area contributed by atoms with Crippen molar-refractivity contribution >= 4 is 5.91 Å². The Morgan fingerprint density at radius 2 is 1.67 bits per heavy atom. The lowest BCUT2D eigenvalue weighted by atomic mass is 10.0. The summed E-state index contributed by atoms with van der Waals surface area (Å²) < 4.78 is 0. The van der Waals surface area contributed by atoms with Crippen LogP contribution in [0.4, 0.5) is 0 Å². The first kappa shape index (κ1) is 18.2. The van der Waals surface area contributed by atoms with Crippen molar-refractivity contribution < 1.29 is 4.79 Å². The van der Waals surface area contributed by atoms with E-state index in [1.165, 1.54) is 43.5 Å². The number of hydrogen-bond acceptors (Lipinski definition) is 3. The Morgan fingerprint density at radius 1 is 0.926 bits per heavy atom. The smallest absolute Gasteiger partial charge is 0.253 e. The van der Waals surface area contributed by atoms with Crippen LogP contribution in [0.2, 0.25) is 0 Å². The predicted molar refractivity (Wildman–Crippen MR) is 109 cm³/mol. The number of amides is 1. The number of nitrogens with zero attached hydrogens (tertiary/aromatic N) is 2. The number of rotatable bonds is 4. The Morgan fingerprint density at radius 3 is 2.41 bits per heavy atom. The molecule has 2 aliphatic rings. The molecule has 0 unspecified atom stereocenters. The van der Waals surface area contributed by atoms with Gasteiger partial charge in [-0.2, -0.15) is 0 Å². The summed E-state index contributed by atoms with van der Waals surface area (Å²) in [6, 6.07) is 18.8. The molecule has 2 saturated heterocycles. The van der Waals surface area contributed by atoms with Gasteiger partial charge in [0.2, 0.25) is 0 Å². The zero-order valence-corrected chi connectivity index (χ0v) is 15.9. The lowest BCUT2D eigenvalue weighted by Gasteiger charge is -2.34. The molecule has 0 aromatic heterocycles. The van der Waals surface area contributed by atoms with E-state index in [4.69, 9.17) is 0 Å². The molecular weight excluding hydrogens is 334 g/mol. The minimum atomic E-state index is 0.141. The minimum absolute atomic E-state index is 0.141. The molecule has 142 valence electrons. The molecule has 0 spiro atoms. The van der Waals surface area contributed by atoms with Crippen molar-refractivity contribution in [2.75, 3.05) is 32.7 Å². The lowest BCUT2D eigenvalue weighted by Crippen LogP contribution is -2.48. The van der Waals surface area contributed by atoms with Gasteiger partial charge in [-0.05, 0) is 49.2 Å². The fraction of sp³-hybridized carbons (Fsp3) is 0.435. The summed E-state index contributed by atoms with van der Waals surface area (Å²) in [5.41, 5.74) is 3.34. The van der Waals surface area contributed by atoms with E-state index in [1.54, 1.807) is 0 Å². The van der Waals surface area contributed by atoms with Crippen LogP contribution in [0.15, 0.2) is 54.6 Å². The number of benzene rings is 2. The van der Waals surface area contributed by atoms with Crippen molar-refractivity contribution in [1.29, 1.82) is 0 Å². The van der Waals surface area contributed by atoms with Gasteiger partial charge in [0.1, 0.15) is 0 Å². The van der Waals surface area contributed by atoms with Crippen molar-refractivity contribution in [3.05, 3.63) is 71.3 Å². The normalized spacial score (nSPS) is 21.2. The van der Waals surface area contributed by atoms with Crippen molar-refractivity contribution in [1.82, 2.24) is 15.1 Å². The van der Waals surface area contributed by atoms with Crippen molar-refractivity contribution in [3.8, 4) is 0 Å². The zero-order chi connectivity index (χ0) is 18.5. The average molecular weight is 364 g/mol. The molecule has 2 aliphatic heterocycles. The summed E-state index contributed by atoms with van der Waals surface area (Å²) in [6.45, 7) is 5.71. The van der Waals surface area contributed by atoms with Gasteiger partial charge in [0.15, 0.2) is 0 Å². The molecule has 4 heteroatoms. The first-order valence-corrected chi connectivity index (χ1v) is 10.2. The predicted octanol–water partition coefficient (Wildman–Crippen LogP) is 3.46. The summed E-state index contributed by atoms with van der Waals surface area (Å²) in [6.07, 6.45) is 3.98. The Labute approximate surface area is 162 Å². The topological polar surface area (TPSA) is 35.6 Å². The number of piperidine rings is 1. The maximum absolute atomic E-state index is 13.0. The molecule has 4 nitrogen and oxygen atoms in total. The van der Waals surface area contributed by atoms with Crippen LogP contribution in [-0.2, 0) is 6.54 Å². The Bertz CT molecular complexity index is 738. The summed E-state index contributed by atoms with van der Waals surface area (Å²) in [4.78, 5) is 17.5. The molecule has 0 radical (unpaired) electrons. The number of piperazine rings is 1. The highest BCUT2D eigenvalue weighted by Crippen LogP contribution is 2.19. The van der Waals surface area contributed by atoms with Gasteiger partial charge in [0, 0.05) is 37.8 Å². The summed E-state index contributed by atoms with van der Waals surface area (Å²) >= 11 is 0. The van der Waals surface area contributed by atoms with Gasteiger partial charge < -0.3 is 10.2 Å². The van der Waals surface area contributed by atoms with Gasteiger partial charge in [-0.15, -0.1) is 0 Å². The molecule has 2 aromatic carbocycles. The second kappa shape index (κ2) is 8.68. The third kappa shape index (κ3) is 4.57. The average Bonchev–Trinajstić information content (AvgIpc) is 2.75. The van der Waals surface area contributed by atoms with E-state index in [2.05, 4.69) is 46.6 Å². The van der Waals surface area contributed by atoms with Crippen LogP contribution in [-0.4, -0.2) is 48.4 Å². The highest BCUT2D eigenvalue weighted by molar-refractivity contribution is 5.94. The van der Waals surface area contributed by atoms with Crippen LogP contribution in [0.3, 0.4) is 0 Å². The van der Waals surface area contributed by atoms with Gasteiger partial charge in [-0.25, -0.2) is 0 Å². The minimum Gasteiger partial charge on any atom is -0.335 e.